The van der Waals surface area contributed by atoms with E-state index in [1.165, 1.54) is 96.9 Å². The zero-order chi connectivity index (χ0) is 38.0. The minimum atomic E-state index is 0.716. The predicted octanol–water partition coefficient (Wildman–Crippen LogP) is 13.1. The molecule has 0 saturated heterocycles. The van der Waals surface area contributed by atoms with Gasteiger partial charge in [0.1, 0.15) is 11.5 Å². The molecular formula is C52H62N2O2. The van der Waals surface area contributed by atoms with E-state index in [1.54, 1.807) is 0 Å². The Labute approximate surface area is 336 Å². The Kier molecular flexibility index (Phi) is 15.3. The molecule has 6 aromatic carbocycles. The van der Waals surface area contributed by atoms with Crippen molar-refractivity contribution in [3.05, 3.63) is 145 Å². The van der Waals surface area contributed by atoms with Gasteiger partial charge in [-0.25, -0.2) is 0 Å². The standard InChI is InChI=1S/C52H62N2O2/c1-3-17-35-53(41-43-23-9-7-10-24-43)37-19-20-38-54(42-44-25-11-8-12-26-44)36-18-4-2-6-22-40-56-50-34-32-46-28-14-16-30-48(46)52(50)51-47-29-15-13-27-45(47)31-33-49(51)55-39-21-5-1/h7-16,23-34H,1-6,17-22,35-42H2. The maximum atomic E-state index is 6.72. The minimum absolute atomic E-state index is 0.716. The molecule has 7 rings (SSSR count). The number of hydrogen-bond donors (Lipinski definition) is 0. The van der Waals surface area contributed by atoms with Crippen LogP contribution in [0.3, 0.4) is 0 Å². The monoisotopic (exact) mass is 746 g/mol. The Morgan fingerprint density at radius 1 is 0.339 bits per heavy atom. The molecule has 1 heterocycles. The first kappa shape index (κ1) is 39.6. The number of nitrogens with zero attached hydrogens (tertiary/aromatic N) is 2. The number of rotatable bonds is 4. The van der Waals surface area contributed by atoms with Gasteiger partial charge in [-0.15, -0.1) is 0 Å². The van der Waals surface area contributed by atoms with E-state index in [0.29, 0.717) is 13.2 Å². The van der Waals surface area contributed by atoms with Gasteiger partial charge >= 0.3 is 0 Å². The zero-order valence-corrected chi connectivity index (χ0v) is 33.6. The van der Waals surface area contributed by atoms with Crippen LogP contribution >= 0.6 is 0 Å². The van der Waals surface area contributed by atoms with Crippen LogP contribution in [0.5, 0.6) is 11.5 Å². The van der Waals surface area contributed by atoms with Gasteiger partial charge in [-0.2, -0.15) is 0 Å². The van der Waals surface area contributed by atoms with Gasteiger partial charge in [0.15, 0.2) is 0 Å². The van der Waals surface area contributed by atoms with Crippen LogP contribution in [-0.2, 0) is 13.1 Å². The van der Waals surface area contributed by atoms with Crippen molar-refractivity contribution in [2.75, 3.05) is 39.4 Å². The summed E-state index contributed by atoms with van der Waals surface area (Å²) in [5.41, 5.74) is 5.14. The third-order valence-corrected chi connectivity index (χ3v) is 11.5. The fraction of sp³-hybridized carbons (Fsp3) is 0.385. The molecule has 0 aromatic heterocycles. The van der Waals surface area contributed by atoms with Crippen LogP contribution in [-0.4, -0.2) is 49.2 Å². The average molecular weight is 747 g/mol. The van der Waals surface area contributed by atoms with Crippen molar-refractivity contribution in [3.8, 4) is 22.6 Å². The van der Waals surface area contributed by atoms with Crippen molar-refractivity contribution in [2.24, 2.45) is 0 Å². The lowest BCUT2D eigenvalue weighted by molar-refractivity contribution is 0.226. The normalized spacial score (nSPS) is 17.0. The van der Waals surface area contributed by atoms with Crippen molar-refractivity contribution in [1.29, 1.82) is 0 Å². The lowest BCUT2D eigenvalue weighted by atomic mass is 9.92. The zero-order valence-electron chi connectivity index (χ0n) is 33.6. The van der Waals surface area contributed by atoms with Crippen molar-refractivity contribution in [3.63, 3.8) is 0 Å². The first-order valence-corrected chi connectivity index (χ1v) is 21.6. The second-order valence-corrected chi connectivity index (χ2v) is 15.8. The van der Waals surface area contributed by atoms with E-state index in [2.05, 4.69) is 143 Å². The molecule has 6 aromatic rings. The van der Waals surface area contributed by atoms with E-state index >= 15 is 0 Å². The Morgan fingerprint density at radius 3 is 1.14 bits per heavy atom. The Hall–Kier alpha value is -4.64. The molecule has 1 aliphatic rings. The Morgan fingerprint density at radius 2 is 0.696 bits per heavy atom. The summed E-state index contributed by atoms with van der Waals surface area (Å²) in [6.07, 6.45) is 14.4. The molecule has 292 valence electrons. The maximum Gasteiger partial charge on any atom is 0.127 e. The van der Waals surface area contributed by atoms with Crippen LogP contribution in [0.15, 0.2) is 133 Å². The van der Waals surface area contributed by atoms with Crippen LogP contribution < -0.4 is 9.47 Å². The van der Waals surface area contributed by atoms with E-state index in [9.17, 15) is 0 Å². The maximum absolute atomic E-state index is 6.72. The fourth-order valence-electron chi connectivity index (χ4n) is 8.45. The lowest BCUT2D eigenvalue weighted by Gasteiger charge is -2.25. The predicted molar refractivity (Wildman–Crippen MR) is 237 cm³/mol. The summed E-state index contributed by atoms with van der Waals surface area (Å²) in [6, 6.07) is 48.3. The average Bonchev–Trinajstić information content (AvgIpc) is 3.24. The molecule has 0 N–H and O–H groups in total. The van der Waals surface area contributed by atoms with Gasteiger partial charge in [0.2, 0.25) is 0 Å². The molecule has 1 aliphatic heterocycles. The summed E-state index contributed by atoms with van der Waals surface area (Å²) in [7, 11) is 0. The van der Waals surface area contributed by atoms with Crippen LogP contribution in [0.4, 0.5) is 0 Å². The SMILES string of the molecule is c1ccc(CN2CCCCCCCOc3ccc4ccccc4c3-c3c(ccc4ccccc34)OCCCCCCCN(Cc3ccccc3)CCCC2)cc1. The van der Waals surface area contributed by atoms with Crippen molar-refractivity contribution < 1.29 is 9.47 Å². The first-order valence-electron chi connectivity index (χ1n) is 21.6. The van der Waals surface area contributed by atoms with E-state index in [1.807, 2.05) is 0 Å². The molecule has 0 spiro atoms. The summed E-state index contributed by atoms with van der Waals surface area (Å²) < 4.78 is 13.4. The second kappa shape index (κ2) is 21.6. The van der Waals surface area contributed by atoms with Crippen LogP contribution in [0.1, 0.15) is 88.2 Å². The quantitative estimate of drug-likeness (QED) is 0.179. The molecule has 0 fully saturated rings. The van der Waals surface area contributed by atoms with Gasteiger partial charge in [-0.05, 0) is 110 Å². The van der Waals surface area contributed by atoms with Crippen molar-refractivity contribution in [2.45, 2.75) is 90.1 Å². The molecule has 4 nitrogen and oxygen atoms in total. The molecule has 0 bridgehead atoms. The van der Waals surface area contributed by atoms with Gasteiger partial charge in [-0.1, -0.05) is 160 Å². The minimum Gasteiger partial charge on any atom is -0.493 e. The van der Waals surface area contributed by atoms with Crippen molar-refractivity contribution >= 4 is 21.5 Å². The van der Waals surface area contributed by atoms with E-state index < -0.39 is 0 Å². The van der Waals surface area contributed by atoms with Crippen LogP contribution in [0.25, 0.3) is 32.7 Å². The molecule has 0 amide bonds. The third kappa shape index (κ3) is 11.5. The highest BCUT2D eigenvalue weighted by Gasteiger charge is 2.19. The number of hydrogen-bond acceptors (Lipinski definition) is 4. The molecule has 0 radical (unpaired) electrons. The van der Waals surface area contributed by atoms with E-state index in [-0.39, 0.29) is 0 Å². The summed E-state index contributed by atoms with van der Waals surface area (Å²) in [6.45, 7) is 8.17. The molecule has 0 unspecified atom stereocenters. The van der Waals surface area contributed by atoms with Gasteiger partial charge in [0, 0.05) is 24.2 Å². The summed E-state index contributed by atoms with van der Waals surface area (Å²) in [4.78, 5) is 5.41. The van der Waals surface area contributed by atoms with Gasteiger partial charge in [0.25, 0.3) is 0 Å². The van der Waals surface area contributed by atoms with Crippen LogP contribution in [0.2, 0.25) is 0 Å². The summed E-state index contributed by atoms with van der Waals surface area (Å²) >= 11 is 0. The summed E-state index contributed by atoms with van der Waals surface area (Å²) in [5, 5.41) is 4.86. The molecule has 0 saturated carbocycles. The highest BCUT2D eigenvalue weighted by atomic mass is 16.5. The Balaban J connectivity index is 1.07. The largest absolute Gasteiger partial charge is 0.493 e. The lowest BCUT2D eigenvalue weighted by Crippen LogP contribution is -2.28. The summed E-state index contributed by atoms with van der Waals surface area (Å²) in [5.74, 6) is 1.90. The molecule has 56 heavy (non-hydrogen) atoms. The van der Waals surface area contributed by atoms with Gasteiger partial charge in [-0.3, -0.25) is 9.80 Å². The molecule has 0 atom stereocenters. The second-order valence-electron chi connectivity index (χ2n) is 15.8. The van der Waals surface area contributed by atoms with E-state index in [4.69, 9.17) is 9.47 Å². The molecule has 4 heteroatoms. The number of fused-ring (bicyclic) bond motifs is 7. The topological polar surface area (TPSA) is 24.9 Å². The van der Waals surface area contributed by atoms with Gasteiger partial charge in [0.05, 0.1) is 13.2 Å². The van der Waals surface area contributed by atoms with Crippen LogP contribution in [0, 0.1) is 0 Å². The van der Waals surface area contributed by atoms with Crippen molar-refractivity contribution in [1.82, 2.24) is 9.80 Å². The highest BCUT2D eigenvalue weighted by molar-refractivity contribution is 6.09. The third-order valence-electron chi connectivity index (χ3n) is 11.5. The highest BCUT2D eigenvalue weighted by Crippen LogP contribution is 2.45. The number of ether oxygens (including phenoxy) is 2. The number of benzene rings is 6. The fourth-order valence-corrected chi connectivity index (χ4v) is 8.45. The molecule has 0 aliphatic carbocycles. The Bertz CT molecular complexity index is 1900. The smallest absolute Gasteiger partial charge is 0.127 e. The first-order chi connectivity index (χ1) is 27.8. The van der Waals surface area contributed by atoms with E-state index in [0.717, 1.165) is 74.7 Å². The molecular weight excluding hydrogens is 685 g/mol. The van der Waals surface area contributed by atoms with Gasteiger partial charge < -0.3 is 9.47 Å².